The third kappa shape index (κ3) is 3.46. The summed E-state index contributed by atoms with van der Waals surface area (Å²) in [4.78, 5) is 17.1. The van der Waals surface area contributed by atoms with Gasteiger partial charge in [-0.1, -0.05) is 0 Å². The lowest BCUT2D eigenvalue weighted by Crippen LogP contribution is -2.23. The minimum Gasteiger partial charge on any atom is -0.302 e. The summed E-state index contributed by atoms with van der Waals surface area (Å²) < 4.78 is 49.3. The van der Waals surface area contributed by atoms with Gasteiger partial charge in [-0.05, 0) is 31.5 Å². The second kappa shape index (κ2) is 6.21. The summed E-state index contributed by atoms with van der Waals surface area (Å²) in [6.07, 6.45) is 0.300. The monoisotopic (exact) mass is 372 g/mol. The highest BCUT2D eigenvalue weighted by atomic mass is 32.2. The molecule has 1 saturated heterocycles. The topological polar surface area (TPSA) is 76.1 Å². The van der Waals surface area contributed by atoms with Gasteiger partial charge in [0.15, 0.2) is 26.6 Å². The summed E-state index contributed by atoms with van der Waals surface area (Å²) >= 11 is 1.20. The van der Waals surface area contributed by atoms with Gasteiger partial charge in [0.25, 0.3) is 0 Å². The van der Waals surface area contributed by atoms with Gasteiger partial charge in [0.2, 0.25) is 5.91 Å². The number of thiazole rings is 1. The molecule has 0 saturated carbocycles. The molecule has 1 aliphatic rings. The van der Waals surface area contributed by atoms with Crippen LogP contribution in [0.25, 0.3) is 11.3 Å². The van der Waals surface area contributed by atoms with E-state index < -0.39 is 27.4 Å². The molecule has 2 aromatic rings. The minimum absolute atomic E-state index is 0.0160. The summed E-state index contributed by atoms with van der Waals surface area (Å²) in [7, 11) is -3.14. The van der Waals surface area contributed by atoms with E-state index in [4.69, 9.17) is 0 Å². The van der Waals surface area contributed by atoms with Crippen molar-refractivity contribution >= 4 is 32.2 Å². The fraction of sp³-hybridized carbons (Fsp3) is 0.333. The zero-order chi connectivity index (χ0) is 17.5. The van der Waals surface area contributed by atoms with E-state index in [9.17, 15) is 22.0 Å². The number of carbonyl (C=O) groups excluding carboxylic acids is 1. The van der Waals surface area contributed by atoms with Crippen LogP contribution in [-0.2, 0) is 14.6 Å². The Labute approximate surface area is 141 Å². The third-order valence-electron chi connectivity index (χ3n) is 3.82. The van der Waals surface area contributed by atoms with Crippen LogP contribution < -0.4 is 5.32 Å². The molecule has 0 radical (unpaired) electrons. The smallest absolute Gasteiger partial charge is 0.230 e. The Morgan fingerprint density at radius 3 is 2.71 bits per heavy atom. The van der Waals surface area contributed by atoms with Crippen molar-refractivity contribution in [3.05, 3.63) is 34.7 Å². The van der Waals surface area contributed by atoms with Crippen LogP contribution >= 0.6 is 11.3 Å². The van der Waals surface area contributed by atoms with E-state index in [1.807, 2.05) is 0 Å². The maximum atomic E-state index is 13.4. The maximum Gasteiger partial charge on any atom is 0.230 e. The van der Waals surface area contributed by atoms with Crippen molar-refractivity contribution in [1.82, 2.24) is 4.98 Å². The number of benzene rings is 1. The Hall–Kier alpha value is -1.87. The number of sulfone groups is 1. The molecule has 0 spiro atoms. The minimum atomic E-state index is -3.14. The summed E-state index contributed by atoms with van der Waals surface area (Å²) in [5.74, 6) is -3.02. The van der Waals surface area contributed by atoms with Gasteiger partial charge in [-0.15, -0.1) is 11.3 Å². The van der Waals surface area contributed by atoms with Crippen molar-refractivity contribution in [3.63, 3.8) is 0 Å². The summed E-state index contributed by atoms with van der Waals surface area (Å²) in [6, 6.07) is 3.48. The molecule has 1 aliphatic heterocycles. The average molecular weight is 372 g/mol. The molecule has 1 fully saturated rings. The van der Waals surface area contributed by atoms with Crippen LogP contribution in [0.1, 0.15) is 11.3 Å². The first-order valence-electron chi connectivity index (χ1n) is 7.19. The largest absolute Gasteiger partial charge is 0.302 e. The molecule has 0 unspecified atom stereocenters. The van der Waals surface area contributed by atoms with Gasteiger partial charge in [0, 0.05) is 10.4 Å². The van der Waals surface area contributed by atoms with Crippen LogP contribution in [0.5, 0.6) is 0 Å². The van der Waals surface area contributed by atoms with Crippen molar-refractivity contribution in [2.45, 2.75) is 13.3 Å². The van der Waals surface area contributed by atoms with Crippen molar-refractivity contribution in [1.29, 1.82) is 0 Å². The molecule has 1 N–H and O–H groups in total. The quantitative estimate of drug-likeness (QED) is 0.899. The number of hydrogen-bond donors (Lipinski definition) is 1. The van der Waals surface area contributed by atoms with Gasteiger partial charge in [0.05, 0.1) is 23.1 Å². The normalized spacial score (nSPS) is 19.4. The van der Waals surface area contributed by atoms with Crippen LogP contribution in [0, 0.1) is 24.5 Å². The summed E-state index contributed by atoms with van der Waals surface area (Å²) in [6.45, 7) is 1.75. The molecular weight excluding hydrogens is 358 g/mol. The van der Waals surface area contributed by atoms with Crippen LogP contribution in [0.15, 0.2) is 18.2 Å². The van der Waals surface area contributed by atoms with Crippen molar-refractivity contribution < 1.29 is 22.0 Å². The van der Waals surface area contributed by atoms with E-state index in [1.165, 1.54) is 17.4 Å². The van der Waals surface area contributed by atoms with Crippen LogP contribution in [-0.4, -0.2) is 30.8 Å². The molecule has 0 aliphatic carbocycles. The molecule has 1 aromatic carbocycles. The highest BCUT2D eigenvalue weighted by Gasteiger charge is 2.33. The van der Waals surface area contributed by atoms with Gasteiger partial charge >= 0.3 is 0 Å². The lowest BCUT2D eigenvalue weighted by atomic mass is 10.1. The molecule has 5 nitrogen and oxygen atoms in total. The molecule has 2 heterocycles. The van der Waals surface area contributed by atoms with E-state index in [-0.39, 0.29) is 17.4 Å². The first kappa shape index (κ1) is 17.0. The Bertz CT molecular complexity index is 909. The number of aryl methyl sites for hydroxylation is 1. The zero-order valence-corrected chi connectivity index (χ0v) is 14.3. The molecule has 1 aromatic heterocycles. The number of halogens is 2. The highest BCUT2D eigenvalue weighted by molar-refractivity contribution is 7.91. The fourth-order valence-electron chi connectivity index (χ4n) is 2.57. The van der Waals surface area contributed by atoms with Gasteiger partial charge in [0.1, 0.15) is 0 Å². The fourth-order valence-corrected chi connectivity index (χ4v) is 5.15. The number of aromatic nitrogens is 1. The molecule has 9 heteroatoms. The summed E-state index contributed by atoms with van der Waals surface area (Å²) in [5, 5.41) is 2.92. The van der Waals surface area contributed by atoms with Crippen LogP contribution in [0.4, 0.5) is 13.9 Å². The first-order chi connectivity index (χ1) is 11.2. The van der Waals surface area contributed by atoms with Crippen LogP contribution in [0.2, 0.25) is 0 Å². The number of amides is 1. The number of rotatable bonds is 3. The molecule has 24 heavy (non-hydrogen) atoms. The van der Waals surface area contributed by atoms with E-state index in [0.29, 0.717) is 22.8 Å². The Kier molecular flexibility index (Phi) is 4.39. The van der Waals surface area contributed by atoms with E-state index in [1.54, 1.807) is 6.92 Å². The van der Waals surface area contributed by atoms with E-state index in [0.717, 1.165) is 17.0 Å². The predicted octanol–water partition coefficient (Wildman–Crippen LogP) is 2.77. The van der Waals surface area contributed by atoms with Gasteiger partial charge < -0.3 is 5.32 Å². The number of nitrogens with zero attached hydrogens (tertiary/aromatic N) is 1. The van der Waals surface area contributed by atoms with Crippen molar-refractivity contribution in [2.75, 3.05) is 16.8 Å². The maximum absolute atomic E-state index is 13.4. The molecular formula is C15H14F2N2O3S2. The second-order valence-corrected chi connectivity index (χ2v) is 9.07. The van der Waals surface area contributed by atoms with Gasteiger partial charge in [-0.2, -0.15) is 0 Å². The Morgan fingerprint density at radius 1 is 1.33 bits per heavy atom. The first-order valence-corrected chi connectivity index (χ1v) is 9.83. The zero-order valence-electron chi connectivity index (χ0n) is 12.7. The van der Waals surface area contributed by atoms with Crippen molar-refractivity contribution in [3.8, 4) is 11.3 Å². The number of hydrogen-bond acceptors (Lipinski definition) is 5. The molecule has 0 bridgehead atoms. The number of carbonyl (C=O) groups is 1. The molecule has 1 atom stereocenters. The third-order valence-corrected chi connectivity index (χ3v) is 6.48. The van der Waals surface area contributed by atoms with Gasteiger partial charge in [-0.3, -0.25) is 4.79 Å². The lowest BCUT2D eigenvalue weighted by Gasteiger charge is -2.06. The number of anilines is 1. The summed E-state index contributed by atoms with van der Waals surface area (Å²) in [5.41, 5.74) is 0.861. The van der Waals surface area contributed by atoms with E-state index >= 15 is 0 Å². The van der Waals surface area contributed by atoms with Gasteiger partial charge in [-0.25, -0.2) is 22.2 Å². The standard InChI is InChI=1S/C15H14F2N2O3S2/c1-8-13(9-2-3-11(16)12(17)6-9)18-15(23-8)19-14(20)10-4-5-24(21,22)7-10/h2-3,6,10H,4-5,7H2,1H3,(H,18,19,20)/t10-/m0/s1. The molecule has 3 rings (SSSR count). The Morgan fingerprint density at radius 2 is 2.08 bits per heavy atom. The van der Waals surface area contributed by atoms with Crippen molar-refractivity contribution in [2.24, 2.45) is 5.92 Å². The second-order valence-electron chi connectivity index (χ2n) is 5.64. The molecule has 128 valence electrons. The van der Waals surface area contributed by atoms with E-state index in [2.05, 4.69) is 10.3 Å². The van der Waals surface area contributed by atoms with Crippen LogP contribution in [0.3, 0.4) is 0 Å². The number of nitrogens with one attached hydrogen (secondary N) is 1. The SMILES string of the molecule is Cc1sc(NC(=O)[C@H]2CCS(=O)(=O)C2)nc1-c1ccc(F)c(F)c1. The highest BCUT2D eigenvalue weighted by Crippen LogP contribution is 2.31. The molecule has 1 amide bonds. The average Bonchev–Trinajstić information content (AvgIpc) is 3.04. The Balaban J connectivity index is 1.79. The predicted molar refractivity (Wildman–Crippen MR) is 87.6 cm³/mol. The lowest BCUT2D eigenvalue weighted by molar-refractivity contribution is -0.119.